The third-order valence-corrected chi connectivity index (χ3v) is 3.16. The van der Waals surface area contributed by atoms with Gasteiger partial charge in [0, 0.05) is 0 Å². The van der Waals surface area contributed by atoms with Crippen molar-refractivity contribution in [2.45, 2.75) is 49.0 Å². The summed E-state index contributed by atoms with van der Waals surface area (Å²) >= 11 is 0. The summed E-state index contributed by atoms with van der Waals surface area (Å²) in [5.74, 6) is 0. The van der Waals surface area contributed by atoms with E-state index in [9.17, 15) is 30.3 Å². The van der Waals surface area contributed by atoms with Crippen molar-refractivity contribution >= 4 is 6.29 Å². The molecule has 0 aromatic carbocycles. The average Bonchev–Trinajstić information content (AvgIpc) is 2.77. The Morgan fingerprint density at radius 2 is 1.71 bits per heavy atom. The van der Waals surface area contributed by atoms with Crippen LogP contribution in [0, 0.1) is 0 Å². The molecular weight excluding hydrogens is 292 g/mol. The summed E-state index contributed by atoms with van der Waals surface area (Å²) in [6, 6.07) is 0. The second-order valence-corrected chi connectivity index (χ2v) is 4.72. The van der Waals surface area contributed by atoms with Gasteiger partial charge in [0.1, 0.15) is 42.7 Å². The number of hydrogen-bond donors (Lipinski definition) is 7. The van der Waals surface area contributed by atoms with Crippen LogP contribution < -0.4 is 0 Å². The molecule has 0 radical (unpaired) electrons. The van der Waals surface area contributed by atoms with Gasteiger partial charge in [-0.3, -0.25) is 0 Å². The first-order valence-electron chi connectivity index (χ1n) is 6.25. The quantitative estimate of drug-likeness (QED) is 0.215. The summed E-state index contributed by atoms with van der Waals surface area (Å²) in [5.41, 5.74) is 0. The van der Waals surface area contributed by atoms with Crippen LogP contribution in [0.3, 0.4) is 0 Å². The van der Waals surface area contributed by atoms with Crippen LogP contribution in [0.15, 0.2) is 0 Å². The van der Waals surface area contributed by atoms with Gasteiger partial charge in [-0.2, -0.15) is 0 Å². The van der Waals surface area contributed by atoms with Gasteiger partial charge in [-0.25, -0.2) is 0 Å². The predicted octanol–water partition coefficient (Wildman–Crippen LogP) is -4.92. The summed E-state index contributed by atoms with van der Waals surface area (Å²) in [5, 5.41) is 65.3. The number of carbonyl (C=O) groups is 1. The third kappa shape index (κ3) is 4.39. The molecule has 8 atom stereocenters. The number of ether oxygens (including phenoxy) is 2. The molecular formula is C11H20O10. The summed E-state index contributed by atoms with van der Waals surface area (Å²) in [6.07, 6.45) is -12.6. The van der Waals surface area contributed by atoms with Gasteiger partial charge in [0.05, 0.1) is 13.2 Å². The van der Waals surface area contributed by atoms with Crippen molar-refractivity contribution in [3.05, 3.63) is 0 Å². The predicted molar refractivity (Wildman–Crippen MR) is 63.8 cm³/mol. The Morgan fingerprint density at radius 3 is 2.19 bits per heavy atom. The van der Waals surface area contributed by atoms with Crippen LogP contribution in [0.2, 0.25) is 0 Å². The van der Waals surface area contributed by atoms with E-state index in [4.69, 9.17) is 19.7 Å². The van der Waals surface area contributed by atoms with Crippen LogP contribution in [-0.2, 0) is 14.3 Å². The van der Waals surface area contributed by atoms with Crippen molar-refractivity contribution in [1.29, 1.82) is 0 Å². The van der Waals surface area contributed by atoms with Crippen LogP contribution in [0.4, 0.5) is 0 Å². The van der Waals surface area contributed by atoms with Gasteiger partial charge in [-0.05, 0) is 0 Å². The first-order chi connectivity index (χ1) is 9.83. The fourth-order valence-corrected chi connectivity index (χ4v) is 1.81. The van der Waals surface area contributed by atoms with Crippen LogP contribution in [0.25, 0.3) is 0 Å². The van der Waals surface area contributed by atoms with Gasteiger partial charge in [0.2, 0.25) is 0 Å². The largest absolute Gasteiger partial charge is 0.394 e. The molecule has 7 N–H and O–H groups in total. The van der Waals surface area contributed by atoms with E-state index in [-0.39, 0.29) is 6.29 Å². The lowest BCUT2D eigenvalue weighted by atomic mass is 10.0. The van der Waals surface area contributed by atoms with E-state index in [2.05, 4.69) is 0 Å². The molecule has 0 amide bonds. The fraction of sp³-hybridized carbons (Fsp3) is 0.909. The second-order valence-electron chi connectivity index (χ2n) is 4.72. The Hall–Kier alpha value is -0.690. The maximum absolute atomic E-state index is 10.3. The standard InChI is InChI=1S/C11H20O10/c12-1-4(14)7(16)8(17)5(15)3-20-11-10(19)9(18)6(2-13)21-11/h1,4-11,13-19H,2-3H2/t4-,5+,6+,7+,8+,9+,10+,11+/m0/s1. The number of carbonyl (C=O) groups excluding carboxylic acids is 1. The van der Waals surface area contributed by atoms with Crippen LogP contribution in [0.1, 0.15) is 0 Å². The van der Waals surface area contributed by atoms with Gasteiger partial charge in [-0.1, -0.05) is 0 Å². The fourth-order valence-electron chi connectivity index (χ4n) is 1.81. The minimum atomic E-state index is -1.91. The van der Waals surface area contributed by atoms with Crippen LogP contribution in [0.5, 0.6) is 0 Å². The van der Waals surface area contributed by atoms with Crippen LogP contribution >= 0.6 is 0 Å². The number of aliphatic hydroxyl groups excluding tert-OH is 7. The Kier molecular flexibility index (Phi) is 7.06. The van der Waals surface area contributed by atoms with E-state index in [0.29, 0.717) is 0 Å². The third-order valence-electron chi connectivity index (χ3n) is 3.16. The zero-order chi connectivity index (χ0) is 16.2. The highest BCUT2D eigenvalue weighted by atomic mass is 16.7. The highest BCUT2D eigenvalue weighted by molar-refractivity contribution is 5.56. The monoisotopic (exact) mass is 312 g/mol. The van der Waals surface area contributed by atoms with Crippen LogP contribution in [-0.4, -0.2) is 104 Å². The Balaban J connectivity index is 2.46. The van der Waals surface area contributed by atoms with Crippen molar-refractivity contribution in [2.75, 3.05) is 13.2 Å². The molecule has 0 unspecified atom stereocenters. The van der Waals surface area contributed by atoms with Gasteiger partial charge >= 0.3 is 0 Å². The normalized spacial score (nSPS) is 35.2. The molecule has 0 aromatic rings. The lowest BCUT2D eigenvalue weighted by Gasteiger charge is -2.25. The van der Waals surface area contributed by atoms with Crippen molar-refractivity contribution in [3.8, 4) is 0 Å². The highest BCUT2D eigenvalue weighted by Crippen LogP contribution is 2.22. The zero-order valence-electron chi connectivity index (χ0n) is 11.0. The second kappa shape index (κ2) is 8.08. The molecule has 10 nitrogen and oxygen atoms in total. The molecule has 0 saturated carbocycles. The Labute approximate surface area is 119 Å². The van der Waals surface area contributed by atoms with E-state index >= 15 is 0 Å². The average molecular weight is 312 g/mol. The molecule has 1 heterocycles. The van der Waals surface area contributed by atoms with E-state index in [1.807, 2.05) is 0 Å². The number of aliphatic hydroxyl groups is 7. The Morgan fingerprint density at radius 1 is 1.10 bits per heavy atom. The van der Waals surface area contributed by atoms with Gasteiger partial charge in [0.15, 0.2) is 12.6 Å². The van der Waals surface area contributed by atoms with E-state index in [1.165, 1.54) is 0 Å². The summed E-state index contributed by atoms with van der Waals surface area (Å²) in [7, 11) is 0. The molecule has 0 aromatic heterocycles. The topological polar surface area (TPSA) is 177 Å². The summed E-state index contributed by atoms with van der Waals surface area (Å²) in [4.78, 5) is 10.3. The summed E-state index contributed by atoms with van der Waals surface area (Å²) < 4.78 is 9.89. The van der Waals surface area contributed by atoms with Gasteiger partial charge < -0.3 is 50.0 Å². The number of rotatable bonds is 8. The molecule has 0 aliphatic carbocycles. The number of hydrogen-bond acceptors (Lipinski definition) is 10. The molecule has 1 rings (SSSR count). The van der Waals surface area contributed by atoms with E-state index < -0.39 is 62.2 Å². The highest BCUT2D eigenvalue weighted by Gasteiger charge is 2.43. The van der Waals surface area contributed by atoms with E-state index in [1.54, 1.807) is 0 Å². The van der Waals surface area contributed by atoms with Gasteiger partial charge in [-0.15, -0.1) is 0 Å². The van der Waals surface area contributed by atoms with Crippen molar-refractivity contribution in [2.24, 2.45) is 0 Å². The first kappa shape index (κ1) is 18.4. The molecule has 10 heteroatoms. The lowest BCUT2D eigenvalue weighted by molar-refractivity contribution is -0.196. The number of aldehydes is 1. The zero-order valence-corrected chi connectivity index (χ0v) is 11.0. The van der Waals surface area contributed by atoms with Gasteiger partial charge in [0.25, 0.3) is 0 Å². The minimum Gasteiger partial charge on any atom is -0.394 e. The van der Waals surface area contributed by atoms with E-state index in [0.717, 1.165) is 0 Å². The Bertz CT molecular complexity index is 326. The molecule has 1 fully saturated rings. The van der Waals surface area contributed by atoms with Crippen molar-refractivity contribution in [3.63, 3.8) is 0 Å². The minimum absolute atomic E-state index is 0.00645. The summed E-state index contributed by atoms with van der Waals surface area (Å²) in [6.45, 7) is -1.16. The molecule has 1 aliphatic rings. The molecule has 21 heavy (non-hydrogen) atoms. The maximum Gasteiger partial charge on any atom is 0.186 e. The van der Waals surface area contributed by atoms with Crippen molar-refractivity contribution in [1.82, 2.24) is 0 Å². The van der Waals surface area contributed by atoms with Crippen molar-refractivity contribution < 1.29 is 50.0 Å². The SMILES string of the molecule is O=C[C@H](O)[C@@H](O)[C@H](O)[C@H](O)CO[C@@H]1O[C@H](CO)[C@@H](O)[C@H]1O. The smallest absolute Gasteiger partial charge is 0.186 e. The first-order valence-corrected chi connectivity index (χ1v) is 6.25. The molecule has 0 bridgehead atoms. The molecule has 1 aliphatic heterocycles. The maximum atomic E-state index is 10.3. The molecule has 1 saturated heterocycles. The lowest BCUT2D eigenvalue weighted by Crippen LogP contribution is -2.47. The molecule has 124 valence electrons. The molecule has 0 spiro atoms.